The molecule has 1 heterocycles. The molecule has 1 saturated carbocycles. The van der Waals surface area contributed by atoms with Crippen LogP contribution in [-0.4, -0.2) is 50.8 Å². The summed E-state index contributed by atoms with van der Waals surface area (Å²) in [6.45, 7) is 8.19. The van der Waals surface area contributed by atoms with Crippen LogP contribution in [-0.2, 0) is 4.74 Å². The molecule has 0 bridgehead atoms. The molecule has 18 heavy (non-hydrogen) atoms. The molecule has 2 fully saturated rings. The summed E-state index contributed by atoms with van der Waals surface area (Å²) in [6.07, 6.45) is 6.91. The van der Waals surface area contributed by atoms with Gasteiger partial charge in [0.05, 0.1) is 6.61 Å². The normalized spacial score (nSPS) is 34.0. The van der Waals surface area contributed by atoms with E-state index in [0.29, 0.717) is 0 Å². The van der Waals surface area contributed by atoms with Crippen LogP contribution in [0.2, 0.25) is 0 Å². The maximum atomic E-state index is 5.24. The Morgan fingerprint density at radius 1 is 1.17 bits per heavy atom. The molecule has 1 atom stereocenters. The topological polar surface area (TPSA) is 24.5 Å². The summed E-state index contributed by atoms with van der Waals surface area (Å²) in [7, 11) is 1.81. The first kappa shape index (κ1) is 14.3. The maximum Gasteiger partial charge on any atom is 0.0503 e. The number of hydrogen-bond acceptors (Lipinski definition) is 3. The Bertz CT molecular complexity index is 227. The second kappa shape index (κ2) is 7.46. The van der Waals surface area contributed by atoms with Crippen LogP contribution in [0, 0.1) is 11.8 Å². The molecule has 3 nitrogen and oxygen atoms in total. The van der Waals surface area contributed by atoms with Gasteiger partial charge >= 0.3 is 0 Å². The minimum atomic E-state index is 0.769. The second-order valence-electron chi connectivity index (χ2n) is 6.32. The van der Waals surface area contributed by atoms with Gasteiger partial charge in [-0.15, -0.1) is 0 Å². The highest BCUT2D eigenvalue weighted by Gasteiger charge is 2.22. The molecule has 1 aliphatic carbocycles. The number of hydrogen-bond donors (Lipinski definition) is 1. The third-order valence-corrected chi connectivity index (χ3v) is 4.65. The predicted molar refractivity (Wildman–Crippen MR) is 75.8 cm³/mol. The molecule has 2 aliphatic rings. The van der Waals surface area contributed by atoms with Crippen LogP contribution >= 0.6 is 0 Å². The van der Waals surface area contributed by atoms with Gasteiger partial charge in [-0.25, -0.2) is 0 Å². The van der Waals surface area contributed by atoms with E-state index in [4.69, 9.17) is 4.74 Å². The standard InChI is InChI=1S/C15H30N2O/c1-13-3-5-15(6-4-13)16-8-10-17-9-7-14(11-17)12-18-2/h13-16H,3-12H2,1-2H3. The number of rotatable bonds is 6. The van der Waals surface area contributed by atoms with Gasteiger partial charge < -0.3 is 15.0 Å². The van der Waals surface area contributed by atoms with Crippen molar-refractivity contribution in [1.82, 2.24) is 10.2 Å². The first-order chi connectivity index (χ1) is 8.78. The molecular weight excluding hydrogens is 224 g/mol. The lowest BCUT2D eigenvalue weighted by Crippen LogP contribution is -2.38. The van der Waals surface area contributed by atoms with Crippen LogP contribution in [0.25, 0.3) is 0 Å². The van der Waals surface area contributed by atoms with E-state index in [1.807, 2.05) is 7.11 Å². The van der Waals surface area contributed by atoms with Gasteiger partial charge in [-0.2, -0.15) is 0 Å². The summed E-state index contributed by atoms with van der Waals surface area (Å²) in [5, 5.41) is 3.74. The minimum Gasteiger partial charge on any atom is -0.384 e. The summed E-state index contributed by atoms with van der Waals surface area (Å²) in [5.41, 5.74) is 0. The number of nitrogens with zero attached hydrogens (tertiary/aromatic N) is 1. The molecule has 0 aromatic rings. The molecular formula is C15H30N2O. The van der Waals surface area contributed by atoms with E-state index in [9.17, 15) is 0 Å². The van der Waals surface area contributed by atoms with Gasteiger partial charge in [0.25, 0.3) is 0 Å². The molecule has 106 valence electrons. The molecule has 1 unspecified atom stereocenters. The van der Waals surface area contributed by atoms with Gasteiger partial charge in [0, 0.05) is 32.8 Å². The third-order valence-electron chi connectivity index (χ3n) is 4.65. The predicted octanol–water partition coefficient (Wildman–Crippen LogP) is 2.12. The summed E-state index contributed by atoms with van der Waals surface area (Å²) in [4.78, 5) is 2.59. The Balaban J connectivity index is 1.53. The van der Waals surface area contributed by atoms with E-state index >= 15 is 0 Å². The van der Waals surface area contributed by atoms with Crippen molar-refractivity contribution in [3.05, 3.63) is 0 Å². The second-order valence-corrected chi connectivity index (χ2v) is 6.32. The highest BCUT2D eigenvalue weighted by Crippen LogP contribution is 2.23. The fourth-order valence-corrected chi connectivity index (χ4v) is 3.38. The van der Waals surface area contributed by atoms with E-state index in [2.05, 4.69) is 17.1 Å². The fraction of sp³-hybridized carbons (Fsp3) is 1.00. The van der Waals surface area contributed by atoms with Crippen LogP contribution in [0.1, 0.15) is 39.0 Å². The molecule has 0 spiro atoms. The van der Waals surface area contributed by atoms with E-state index in [1.54, 1.807) is 0 Å². The summed E-state index contributed by atoms with van der Waals surface area (Å²) in [5.74, 6) is 1.72. The molecule has 3 heteroatoms. The van der Waals surface area contributed by atoms with Gasteiger partial charge in [-0.3, -0.25) is 0 Å². The summed E-state index contributed by atoms with van der Waals surface area (Å²) in [6, 6.07) is 0.790. The smallest absolute Gasteiger partial charge is 0.0503 e. The van der Waals surface area contributed by atoms with Gasteiger partial charge in [0.1, 0.15) is 0 Å². The van der Waals surface area contributed by atoms with Crippen LogP contribution in [0.5, 0.6) is 0 Å². The SMILES string of the molecule is COCC1CCN(CCNC2CCC(C)CC2)C1. The maximum absolute atomic E-state index is 5.24. The van der Waals surface area contributed by atoms with Crippen molar-refractivity contribution in [2.45, 2.75) is 45.1 Å². The molecule has 0 aromatic carbocycles. The largest absolute Gasteiger partial charge is 0.384 e. The van der Waals surface area contributed by atoms with Gasteiger partial charge in [0.15, 0.2) is 0 Å². The number of nitrogens with one attached hydrogen (secondary N) is 1. The lowest BCUT2D eigenvalue weighted by atomic mass is 9.87. The van der Waals surface area contributed by atoms with E-state index in [1.165, 1.54) is 58.3 Å². The molecule has 1 saturated heterocycles. The number of ether oxygens (including phenoxy) is 1. The Kier molecular flexibility index (Phi) is 5.93. The molecule has 0 aromatic heterocycles. The average molecular weight is 254 g/mol. The molecule has 1 N–H and O–H groups in total. The summed E-state index contributed by atoms with van der Waals surface area (Å²) < 4.78 is 5.24. The minimum absolute atomic E-state index is 0.769. The Morgan fingerprint density at radius 2 is 1.94 bits per heavy atom. The van der Waals surface area contributed by atoms with E-state index in [0.717, 1.165) is 24.5 Å². The Hall–Kier alpha value is -0.120. The molecule has 0 radical (unpaired) electrons. The fourth-order valence-electron chi connectivity index (χ4n) is 3.38. The zero-order chi connectivity index (χ0) is 12.8. The van der Waals surface area contributed by atoms with Crippen molar-refractivity contribution in [3.63, 3.8) is 0 Å². The quantitative estimate of drug-likeness (QED) is 0.786. The van der Waals surface area contributed by atoms with Crippen LogP contribution in [0.15, 0.2) is 0 Å². The summed E-state index contributed by atoms with van der Waals surface area (Å²) >= 11 is 0. The first-order valence-electron chi connectivity index (χ1n) is 7.72. The van der Waals surface area contributed by atoms with Gasteiger partial charge in [-0.05, 0) is 50.5 Å². The molecule has 0 amide bonds. The lowest BCUT2D eigenvalue weighted by Gasteiger charge is -2.27. The first-order valence-corrected chi connectivity index (χ1v) is 7.72. The van der Waals surface area contributed by atoms with Gasteiger partial charge in [-0.1, -0.05) is 6.92 Å². The van der Waals surface area contributed by atoms with Crippen molar-refractivity contribution in [2.75, 3.05) is 39.9 Å². The van der Waals surface area contributed by atoms with Crippen molar-refractivity contribution >= 4 is 0 Å². The van der Waals surface area contributed by atoms with E-state index < -0.39 is 0 Å². The Labute approximate surface area is 112 Å². The highest BCUT2D eigenvalue weighted by atomic mass is 16.5. The van der Waals surface area contributed by atoms with Crippen molar-refractivity contribution in [2.24, 2.45) is 11.8 Å². The average Bonchev–Trinajstić information content (AvgIpc) is 2.80. The zero-order valence-electron chi connectivity index (χ0n) is 12.2. The van der Waals surface area contributed by atoms with Crippen LogP contribution < -0.4 is 5.32 Å². The van der Waals surface area contributed by atoms with Crippen LogP contribution in [0.3, 0.4) is 0 Å². The molecule has 1 aliphatic heterocycles. The van der Waals surface area contributed by atoms with E-state index in [-0.39, 0.29) is 0 Å². The van der Waals surface area contributed by atoms with Gasteiger partial charge in [0.2, 0.25) is 0 Å². The Morgan fingerprint density at radius 3 is 2.67 bits per heavy atom. The lowest BCUT2D eigenvalue weighted by molar-refractivity contribution is 0.153. The van der Waals surface area contributed by atoms with Crippen molar-refractivity contribution in [1.29, 1.82) is 0 Å². The van der Waals surface area contributed by atoms with Crippen molar-refractivity contribution < 1.29 is 4.74 Å². The highest BCUT2D eigenvalue weighted by molar-refractivity contribution is 4.78. The third kappa shape index (κ3) is 4.52. The zero-order valence-corrected chi connectivity index (χ0v) is 12.2. The monoisotopic (exact) mass is 254 g/mol. The van der Waals surface area contributed by atoms with Crippen LogP contribution in [0.4, 0.5) is 0 Å². The number of likely N-dealkylation sites (tertiary alicyclic amines) is 1. The van der Waals surface area contributed by atoms with Crippen molar-refractivity contribution in [3.8, 4) is 0 Å². The molecule has 2 rings (SSSR count). The number of methoxy groups -OCH3 is 1.